The summed E-state index contributed by atoms with van der Waals surface area (Å²) in [7, 11) is 0. The van der Waals surface area contributed by atoms with Gasteiger partial charge in [0.2, 0.25) is 0 Å². The molecule has 0 saturated carbocycles. The van der Waals surface area contributed by atoms with Crippen molar-refractivity contribution in [2.75, 3.05) is 19.8 Å². The standard InChI is InChI=1S/C19H21BrN6O2S/c1-2-28-12-4-11-21-18(27)17-16(13-29-19-22-9-3-10-23-19)26(25-24-17)15-7-5-14(20)6-8-15/h3,5-10H,2,4,11-13H2,1H3,(H,21,27). The minimum absolute atomic E-state index is 0.255. The molecule has 0 aliphatic carbocycles. The smallest absolute Gasteiger partial charge is 0.273 e. The van der Waals surface area contributed by atoms with Gasteiger partial charge in [0.1, 0.15) is 0 Å². The fourth-order valence-electron chi connectivity index (χ4n) is 2.49. The molecule has 3 rings (SSSR count). The van der Waals surface area contributed by atoms with E-state index >= 15 is 0 Å². The van der Waals surface area contributed by atoms with Crippen LogP contribution in [0.4, 0.5) is 0 Å². The van der Waals surface area contributed by atoms with Crippen LogP contribution in [0.3, 0.4) is 0 Å². The summed E-state index contributed by atoms with van der Waals surface area (Å²) >= 11 is 4.86. The Bertz CT molecular complexity index is 920. The maximum Gasteiger partial charge on any atom is 0.273 e. The number of rotatable bonds is 10. The van der Waals surface area contributed by atoms with Crippen LogP contribution in [0.25, 0.3) is 5.69 Å². The summed E-state index contributed by atoms with van der Waals surface area (Å²) in [6.45, 7) is 3.73. The van der Waals surface area contributed by atoms with Crippen LogP contribution in [0.1, 0.15) is 29.5 Å². The van der Waals surface area contributed by atoms with Crippen LogP contribution in [0, 0.1) is 0 Å². The third-order valence-corrected chi connectivity index (χ3v) is 5.30. The van der Waals surface area contributed by atoms with Crippen molar-refractivity contribution >= 4 is 33.6 Å². The Hall–Kier alpha value is -2.30. The number of hydrogen-bond acceptors (Lipinski definition) is 7. The molecule has 0 spiro atoms. The summed E-state index contributed by atoms with van der Waals surface area (Å²) in [5.41, 5.74) is 1.81. The largest absolute Gasteiger partial charge is 0.382 e. The van der Waals surface area contributed by atoms with Gasteiger partial charge in [-0.2, -0.15) is 0 Å². The number of hydrogen-bond donors (Lipinski definition) is 1. The average Bonchev–Trinajstić information content (AvgIpc) is 3.17. The van der Waals surface area contributed by atoms with Gasteiger partial charge in [-0.25, -0.2) is 14.6 Å². The molecule has 0 atom stereocenters. The third-order valence-electron chi connectivity index (χ3n) is 3.88. The molecule has 152 valence electrons. The quantitative estimate of drug-likeness (QED) is 0.272. The van der Waals surface area contributed by atoms with Crippen LogP contribution in [0.2, 0.25) is 0 Å². The molecule has 0 unspecified atom stereocenters. The molecule has 0 radical (unpaired) electrons. The molecule has 0 aliphatic rings. The summed E-state index contributed by atoms with van der Waals surface area (Å²) in [6.07, 6.45) is 4.11. The molecule has 0 saturated heterocycles. The fraction of sp³-hybridized carbons (Fsp3) is 0.316. The van der Waals surface area contributed by atoms with E-state index in [-0.39, 0.29) is 5.91 Å². The first-order chi connectivity index (χ1) is 14.2. The van der Waals surface area contributed by atoms with Crippen LogP contribution in [-0.2, 0) is 10.5 Å². The van der Waals surface area contributed by atoms with Crippen molar-refractivity contribution in [3.05, 3.63) is 58.6 Å². The first-order valence-electron chi connectivity index (χ1n) is 9.15. The van der Waals surface area contributed by atoms with Gasteiger partial charge in [0.05, 0.1) is 11.4 Å². The number of amides is 1. The normalized spacial score (nSPS) is 10.8. The zero-order valence-corrected chi connectivity index (χ0v) is 18.3. The molecule has 0 fully saturated rings. The van der Waals surface area contributed by atoms with Gasteiger partial charge in [-0.05, 0) is 43.7 Å². The maximum atomic E-state index is 12.7. The molecule has 1 N–H and O–H groups in total. The zero-order valence-electron chi connectivity index (χ0n) is 15.9. The van der Waals surface area contributed by atoms with E-state index < -0.39 is 0 Å². The number of benzene rings is 1. The van der Waals surface area contributed by atoms with E-state index in [2.05, 4.69) is 41.5 Å². The molecule has 2 heterocycles. The Morgan fingerprint density at radius 1 is 1.24 bits per heavy atom. The SMILES string of the molecule is CCOCCCNC(=O)c1nnn(-c2ccc(Br)cc2)c1CSc1ncccn1. The van der Waals surface area contributed by atoms with Crippen molar-refractivity contribution < 1.29 is 9.53 Å². The first kappa shape index (κ1) is 21.4. The predicted molar refractivity (Wildman–Crippen MR) is 114 cm³/mol. The number of nitrogens with one attached hydrogen (secondary N) is 1. The van der Waals surface area contributed by atoms with Crippen LogP contribution >= 0.6 is 27.7 Å². The lowest BCUT2D eigenvalue weighted by molar-refractivity contribution is 0.0938. The second-order valence-electron chi connectivity index (χ2n) is 5.90. The second kappa shape index (κ2) is 11.0. The van der Waals surface area contributed by atoms with Crippen molar-refractivity contribution in [3.63, 3.8) is 0 Å². The molecule has 10 heteroatoms. The lowest BCUT2D eigenvalue weighted by Crippen LogP contribution is -2.26. The minimum Gasteiger partial charge on any atom is -0.382 e. The van der Waals surface area contributed by atoms with Gasteiger partial charge in [-0.1, -0.05) is 32.9 Å². The first-order valence-corrected chi connectivity index (χ1v) is 10.9. The van der Waals surface area contributed by atoms with Crippen LogP contribution in [0.5, 0.6) is 0 Å². The topological polar surface area (TPSA) is 94.8 Å². The number of thioether (sulfide) groups is 1. The molecule has 0 aliphatic heterocycles. The monoisotopic (exact) mass is 476 g/mol. The predicted octanol–water partition coefficient (Wildman–Crippen LogP) is 3.27. The fourth-order valence-corrected chi connectivity index (χ4v) is 3.55. The van der Waals surface area contributed by atoms with Crippen molar-refractivity contribution in [1.82, 2.24) is 30.3 Å². The molecule has 1 aromatic carbocycles. The molecule has 8 nitrogen and oxygen atoms in total. The minimum atomic E-state index is -0.255. The van der Waals surface area contributed by atoms with E-state index in [1.165, 1.54) is 11.8 Å². The summed E-state index contributed by atoms with van der Waals surface area (Å²) in [5, 5.41) is 11.9. The highest BCUT2D eigenvalue weighted by atomic mass is 79.9. The Morgan fingerprint density at radius 3 is 2.72 bits per heavy atom. The Morgan fingerprint density at radius 2 is 2.00 bits per heavy atom. The van der Waals surface area contributed by atoms with Gasteiger partial charge >= 0.3 is 0 Å². The highest BCUT2D eigenvalue weighted by molar-refractivity contribution is 9.10. The van der Waals surface area contributed by atoms with Gasteiger partial charge in [-0.3, -0.25) is 4.79 Å². The number of aromatic nitrogens is 5. The number of halogens is 1. The lowest BCUT2D eigenvalue weighted by Gasteiger charge is -2.08. The summed E-state index contributed by atoms with van der Waals surface area (Å²) in [6, 6.07) is 9.42. The Balaban J connectivity index is 1.79. The molecule has 2 aromatic heterocycles. The van der Waals surface area contributed by atoms with E-state index in [4.69, 9.17) is 4.74 Å². The van der Waals surface area contributed by atoms with Gasteiger partial charge in [0, 0.05) is 42.4 Å². The number of ether oxygens (including phenoxy) is 1. The highest BCUT2D eigenvalue weighted by Gasteiger charge is 2.21. The van der Waals surface area contributed by atoms with Crippen molar-refractivity contribution in [2.24, 2.45) is 0 Å². The van der Waals surface area contributed by atoms with E-state index in [1.807, 2.05) is 31.2 Å². The second-order valence-corrected chi connectivity index (χ2v) is 7.76. The molecular formula is C19H21BrN6O2S. The van der Waals surface area contributed by atoms with E-state index in [0.717, 1.165) is 16.6 Å². The van der Waals surface area contributed by atoms with Crippen molar-refractivity contribution in [3.8, 4) is 5.69 Å². The van der Waals surface area contributed by atoms with Gasteiger partial charge in [0.15, 0.2) is 10.9 Å². The van der Waals surface area contributed by atoms with E-state index in [1.54, 1.807) is 23.1 Å². The summed E-state index contributed by atoms with van der Waals surface area (Å²) in [4.78, 5) is 21.1. The van der Waals surface area contributed by atoms with Gasteiger partial charge < -0.3 is 10.1 Å². The maximum absolute atomic E-state index is 12.7. The number of carbonyl (C=O) groups is 1. The van der Waals surface area contributed by atoms with Crippen LogP contribution < -0.4 is 5.32 Å². The van der Waals surface area contributed by atoms with E-state index in [9.17, 15) is 4.79 Å². The molecular weight excluding hydrogens is 456 g/mol. The third kappa shape index (κ3) is 6.09. The Kier molecular flexibility index (Phi) is 8.14. The number of carbonyl (C=O) groups excluding carboxylic acids is 1. The molecule has 29 heavy (non-hydrogen) atoms. The van der Waals surface area contributed by atoms with E-state index in [0.29, 0.717) is 42.1 Å². The van der Waals surface area contributed by atoms with Crippen LogP contribution in [-0.4, -0.2) is 50.6 Å². The Labute approximate surface area is 181 Å². The van der Waals surface area contributed by atoms with Gasteiger partial charge in [-0.15, -0.1) is 5.10 Å². The van der Waals surface area contributed by atoms with Crippen molar-refractivity contribution in [2.45, 2.75) is 24.3 Å². The average molecular weight is 477 g/mol. The van der Waals surface area contributed by atoms with Crippen molar-refractivity contribution in [1.29, 1.82) is 0 Å². The lowest BCUT2D eigenvalue weighted by atomic mass is 10.3. The van der Waals surface area contributed by atoms with Gasteiger partial charge in [0.25, 0.3) is 5.91 Å². The highest BCUT2D eigenvalue weighted by Crippen LogP contribution is 2.23. The molecule has 0 bridgehead atoms. The van der Waals surface area contributed by atoms with Crippen LogP contribution in [0.15, 0.2) is 52.4 Å². The molecule has 1 amide bonds. The summed E-state index contributed by atoms with van der Waals surface area (Å²) < 4.78 is 7.94. The molecule has 3 aromatic rings. The number of nitrogens with zero attached hydrogens (tertiary/aromatic N) is 5. The zero-order chi connectivity index (χ0) is 20.5. The summed E-state index contributed by atoms with van der Waals surface area (Å²) in [5.74, 6) is 0.198.